The Morgan fingerprint density at radius 3 is 2.80 bits per heavy atom. The molecule has 2 aromatic carbocycles. The summed E-state index contributed by atoms with van der Waals surface area (Å²) >= 11 is 0. The molecule has 3 aliphatic heterocycles. The first-order chi connectivity index (χ1) is 12.3. The van der Waals surface area contributed by atoms with Crippen molar-refractivity contribution in [1.82, 2.24) is 4.90 Å². The number of rotatable bonds is 3. The lowest BCUT2D eigenvalue weighted by Crippen LogP contribution is -2.61. The summed E-state index contributed by atoms with van der Waals surface area (Å²) in [6, 6.07) is 18.4. The van der Waals surface area contributed by atoms with E-state index in [0.717, 1.165) is 41.9 Å². The van der Waals surface area contributed by atoms with Crippen molar-refractivity contribution >= 4 is 5.71 Å². The van der Waals surface area contributed by atoms with Crippen LogP contribution in [0.2, 0.25) is 0 Å². The Labute approximate surface area is 147 Å². The second kappa shape index (κ2) is 5.68. The lowest BCUT2D eigenvalue weighted by atomic mass is 9.78. The van der Waals surface area contributed by atoms with Gasteiger partial charge in [0.15, 0.2) is 0 Å². The molecule has 4 heteroatoms. The third-order valence-corrected chi connectivity index (χ3v) is 5.89. The summed E-state index contributed by atoms with van der Waals surface area (Å²) in [5, 5.41) is 10.2. The molecule has 2 aromatic rings. The number of aliphatic hydroxyl groups excluding tert-OH is 1. The minimum atomic E-state index is -0.222. The minimum absolute atomic E-state index is 0.0541. The molecule has 1 saturated heterocycles. The van der Waals surface area contributed by atoms with Crippen molar-refractivity contribution in [2.75, 3.05) is 13.2 Å². The number of aliphatic hydroxyl groups is 1. The Balaban J connectivity index is 1.62. The van der Waals surface area contributed by atoms with Crippen molar-refractivity contribution in [3.05, 3.63) is 65.7 Å². The summed E-state index contributed by atoms with van der Waals surface area (Å²) in [4.78, 5) is 7.56. The highest BCUT2D eigenvalue weighted by molar-refractivity contribution is 6.11. The third-order valence-electron chi connectivity index (χ3n) is 5.89. The van der Waals surface area contributed by atoms with E-state index in [9.17, 15) is 5.11 Å². The van der Waals surface area contributed by atoms with Gasteiger partial charge in [0.1, 0.15) is 24.1 Å². The molecule has 3 heterocycles. The van der Waals surface area contributed by atoms with Crippen LogP contribution in [0, 0.1) is 0 Å². The molecule has 1 N–H and O–H groups in total. The van der Waals surface area contributed by atoms with Crippen LogP contribution in [0.3, 0.4) is 0 Å². The molecule has 0 saturated carbocycles. The third kappa shape index (κ3) is 2.11. The minimum Gasteiger partial charge on any atom is -0.491 e. The number of hydrogen-bond acceptors (Lipinski definition) is 4. The Morgan fingerprint density at radius 1 is 1.16 bits per heavy atom. The number of hydrogen-bond donors (Lipinski definition) is 1. The zero-order valence-corrected chi connectivity index (χ0v) is 14.1. The van der Waals surface area contributed by atoms with Crippen LogP contribution < -0.4 is 4.74 Å². The first kappa shape index (κ1) is 15.1. The van der Waals surface area contributed by atoms with Gasteiger partial charge < -0.3 is 9.84 Å². The average Bonchev–Trinajstić information content (AvgIpc) is 2.85. The highest BCUT2D eigenvalue weighted by Crippen LogP contribution is 2.49. The van der Waals surface area contributed by atoms with Gasteiger partial charge in [0.05, 0.1) is 18.4 Å². The number of nitrogens with zero attached hydrogens (tertiary/aromatic N) is 2. The summed E-state index contributed by atoms with van der Waals surface area (Å²) in [6.45, 7) is 0.704. The Hall–Kier alpha value is -2.17. The standard InChI is InChI=1S/C21H22N2O2/c24-13-17(15-7-2-1-3-8-15)23-19-11-6-12-21(23)14-25-18-10-5-4-9-16(18)20(21)22-19/h1-5,7-10,17,19,24H,6,11-14H2/t17-,19+,21+/m0/s1. The molecular formula is C21H22N2O2. The quantitative estimate of drug-likeness (QED) is 0.938. The van der Waals surface area contributed by atoms with Crippen molar-refractivity contribution in [2.45, 2.75) is 37.0 Å². The second-order valence-corrected chi connectivity index (χ2v) is 7.18. The molecule has 128 valence electrons. The number of benzene rings is 2. The van der Waals surface area contributed by atoms with Crippen LogP contribution in [-0.2, 0) is 0 Å². The van der Waals surface area contributed by atoms with E-state index in [1.54, 1.807) is 0 Å². The van der Waals surface area contributed by atoms with Gasteiger partial charge >= 0.3 is 0 Å². The predicted molar refractivity (Wildman–Crippen MR) is 97.0 cm³/mol. The van der Waals surface area contributed by atoms with E-state index in [0.29, 0.717) is 6.61 Å². The van der Waals surface area contributed by atoms with Crippen LogP contribution in [0.4, 0.5) is 0 Å². The topological polar surface area (TPSA) is 45.1 Å². The van der Waals surface area contributed by atoms with Crippen LogP contribution in [0.15, 0.2) is 59.6 Å². The maximum absolute atomic E-state index is 10.2. The zero-order valence-electron chi connectivity index (χ0n) is 14.1. The fourth-order valence-corrected chi connectivity index (χ4v) is 4.82. The molecule has 0 aromatic heterocycles. The molecule has 0 unspecified atom stereocenters. The molecule has 25 heavy (non-hydrogen) atoms. The first-order valence-electron chi connectivity index (χ1n) is 9.08. The SMILES string of the molecule is OC[C@@H](c1ccccc1)N1[C@@H]2CCC[C@]13COc1ccccc1C3=N2. The van der Waals surface area contributed by atoms with Crippen molar-refractivity contribution in [3.8, 4) is 5.75 Å². The molecule has 1 fully saturated rings. The number of para-hydroxylation sites is 1. The fraction of sp³-hybridized carbons (Fsp3) is 0.381. The van der Waals surface area contributed by atoms with E-state index < -0.39 is 0 Å². The molecule has 0 aliphatic carbocycles. The molecule has 4 nitrogen and oxygen atoms in total. The van der Waals surface area contributed by atoms with Gasteiger partial charge in [-0.15, -0.1) is 0 Å². The predicted octanol–water partition coefficient (Wildman–Crippen LogP) is 3.17. The van der Waals surface area contributed by atoms with E-state index in [2.05, 4.69) is 29.2 Å². The number of fused-ring (bicyclic) bond motifs is 3. The Morgan fingerprint density at radius 2 is 1.96 bits per heavy atom. The van der Waals surface area contributed by atoms with Gasteiger partial charge in [-0.05, 0) is 37.0 Å². The van der Waals surface area contributed by atoms with Gasteiger partial charge in [0.2, 0.25) is 0 Å². The molecule has 1 spiro atoms. The Kier molecular flexibility index (Phi) is 3.43. The molecule has 2 bridgehead atoms. The van der Waals surface area contributed by atoms with Crippen LogP contribution >= 0.6 is 0 Å². The second-order valence-electron chi connectivity index (χ2n) is 7.18. The van der Waals surface area contributed by atoms with E-state index in [1.807, 2.05) is 30.3 Å². The smallest absolute Gasteiger partial charge is 0.128 e. The molecule has 0 radical (unpaired) electrons. The van der Waals surface area contributed by atoms with Gasteiger partial charge in [0.25, 0.3) is 0 Å². The van der Waals surface area contributed by atoms with Crippen molar-refractivity contribution in [1.29, 1.82) is 0 Å². The Bertz CT molecular complexity index is 820. The summed E-state index contributed by atoms with van der Waals surface area (Å²) < 4.78 is 6.17. The van der Waals surface area contributed by atoms with Crippen LogP contribution in [0.25, 0.3) is 0 Å². The van der Waals surface area contributed by atoms with E-state index >= 15 is 0 Å². The van der Waals surface area contributed by atoms with E-state index in [-0.39, 0.29) is 24.4 Å². The molecule has 3 atom stereocenters. The largest absolute Gasteiger partial charge is 0.491 e. The summed E-state index contributed by atoms with van der Waals surface area (Å²) in [5.41, 5.74) is 3.20. The van der Waals surface area contributed by atoms with Crippen LogP contribution in [0.5, 0.6) is 5.75 Å². The first-order valence-corrected chi connectivity index (χ1v) is 9.08. The van der Waals surface area contributed by atoms with E-state index in [1.165, 1.54) is 0 Å². The number of ether oxygens (including phenoxy) is 1. The van der Waals surface area contributed by atoms with Gasteiger partial charge in [0, 0.05) is 5.56 Å². The molecular weight excluding hydrogens is 312 g/mol. The lowest BCUT2D eigenvalue weighted by Gasteiger charge is -2.49. The van der Waals surface area contributed by atoms with E-state index in [4.69, 9.17) is 9.73 Å². The molecule has 5 rings (SSSR count). The normalized spacial score (nSPS) is 28.5. The molecule has 3 aliphatic rings. The highest BCUT2D eigenvalue weighted by atomic mass is 16.5. The average molecular weight is 334 g/mol. The fourth-order valence-electron chi connectivity index (χ4n) is 4.82. The maximum atomic E-state index is 10.2. The highest BCUT2D eigenvalue weighted by Gasteiger charge is 2.57. The van der Waals surface area contributed by atoms with Gasteiger partial charge in [-0.1, -0.05) is 42.5 Å². The summed E-state index contributed by atoms with van der Waals surface area (Å²) in [6.07, 6.45) is 3.33. The van der Waals surface area contributed by atoms with Crippen LogP contribution in [-0.4, -0.2) is 40.6 Å². The summed E-state index contributed by atoms with van der Waals surface area (Å²) in [7, 11) is 0. The summed E-state index contributed by atoms with van der Waals surface area (Å²) in [5.74, 6) is 0.930. The number of aliphatic imine (C=N–C) groups is 1. The van der Waals surface area contributed by atoms with Crippen LogP contribution in [0.1, 0.15) is 36.4 Å². The lowest BCUT2D eigenvalue weighted by molar-refractivity contribution is -0.0222. The van der Waals surface area contributed by atoms with Crippen molar-refractivity contribution in [2.24, 2.45) is 4.99 Å². The van der Waals surface area contributed by atoms with Gasteiger partial charge in [-0.25, -0.2) is 0 Å². The maximum Gasteiger partial charge on any atom is 0.128 e. The zero-order chi connectivity index (χ0) is 16.9. The van der Waals surface area contributed by atoms with Crippen molar-refractivity contribution < 1.29 is 9.84 Å². The number of piperidine rings is 1. The molecule has 0 amide bonds. The van der Waals surface area contributed by atoms with Gasteiger partial charge in [-0.3, -0.25) is 9.89 Å². The van der Waals surface area contributed by atoms with Crippen molar-refractivity contribution in [3.63, 3.8) is 0 Å². The monoisotopic (exact) mass is 334 g/mol. The van der Waals surface area contributed by atoms with Gasteiger partial charge in [-0.2, -0.15) is 0 Å².